The van der Waals surface area contributed by atoms with Crippen LogP contribution < -0.4 is 27.0 Å². The van der Waals surface area contributed by atoms with Crippen molar-refractivity contribution in [1.82, 2.24) is 20.3 Å². The average molecular weight is 461 g/mol. The number of aromatic nitrogens is 3. The topological polar surface area (TPSA) is 144 Å². The van der Waals surface area contributed by atoms with Crippen LogP contribution in [0.25, 0.3) is 5.70 Å². The van der Waals surface area contributed by atoms with Gasteiger partial charge in [-0.15, -0.1) is 0 Å². The molecule has 2 aromatic rings. The van der Waals surface area contributed by atoms with Gasteiger partial charge >= 0.3 is 6.09 Å². The molecule has 11 heteroatoms. The number of hydrogen-bond acceptors (Lipinski definition) is 9. The minimum Gasteiger partial charge on any atom is -0.444 e. The van der Waals surface area contributed by atoms with E-state index in [9.17, 15) is 4.79 Å². The van der Waals surface area contributed by atoms with Crippen molar-refractivity contribution < 1.29 is 9.53 Å². The SMILES string of the molecule is C=C(Nc1cnccc1N1CCC[C@H](NC(=O)OC(C)(C)C)C1)c1nc(Cl)c(N)nc1N. The Hall–Kier alpha value is -3.27. The van der Waals surface area contributed by atoms with Gasteiger partial charge in [0.05, 0.1) is 23.3 Å². The smallest absolute Gasteiger partial charge is 0.407 e. The molecule has 172 valence electrons. The fourth-order valence-electron chi connectivity index (χ4n) is 3.43. The van der Waals surface area contributed by atoms with Gasteiger partial charge in [0.1, 0.15) is 11.3 Å². The summed E-state index contributed by atoms with van der Waals surface area (Å²) in [5, 5.41) is 6.22. The van der Waals surface area contributed by atoms with Crippen LogP contribution in [-0.4, -0.2) is 45.8 Å². The molecule has 1 aliphatic rings. The normalized spacial score (nSPS) is 16.4. The number of piperidine rings is 1. The fourth-order valence-corrected chi connectivity index (χ4v) is 3.56. The fraction of sp³-hybridized carbons (Fsp3) is 0.429. The van der Waals surface area contributed by atoms with E-state index >= 15 is 0 Å². The zero-order chi connectivity index (χ0) is 23.5. The van der Waals surface area contributed by atoms with Gasteiger partial charge in [0, 0.05) is 25.3 Å². The van der Waals surface area contributed by atoms with Crippen molar-refractivity contribution in [3.8, 4) is 0 Å². The third-order valence-electron chi connectivity index (χ3n) is 4.76. The van der Waals surface area contributed by atoms with Crippen LogP contribution >= 0.6 is 11.6 Å². The minimum atomic E-state index is -0.545. The highest BCUT2D eigenvalue weighted by Gasteiger charge is 2.26. The highest BCUT2D eigenvalue weighted by atomic mass is 35.5. The Morgan fingerprint density at radius 1 is 1.31 bits per heavy atom. The van der Waals surface area contributed by atoms with Crippen molar-refractivity contribution >= 4 is 46.4 Å². The second-order valence-electron chi connectivity index (χ2n) is 8.56. The molecule has 0 saturated carbocycles. The monoisotopic (exact) mass is 460 g/mol. The molecule has 0 unspecified atom stereocenters. The number of nitrogen functional groups attached to an aromatic ring is 2. The van der Waals surface area contributed by atoms with E-state index in [0.717, 1.165) is 25.1 Å². The number of nitrogens with zero attached hydrogens (tertiary/aromatic N) is 4. The van der Waals surface area contributed by atoms with Crippen molar-refractivity contribution in [3.63, 3.8) is 0 Å². The standard InChI is InChI=1S/C21H29ClN8O2/c1-12(16-18(23)29-19(24)17(22)28-16)26-14-10-25-8-7-15(14)30-9-5-6-13(11-30)27-20(31)32-21(2,3)4/h7-8,10,13,26H,1,5-6,9,11H2,2-4H3,(H,27,31)(H4,23,24,29)/t13-/m0/s1. The van der Waals surface area contributed by atoms with E-state index in [0.29, 0.717) is 23.6 Å². The number of ether oxygens (including phenoxy) is 1. The van der Waals surface area contributed by atoms with Gasteiger partial charge < -0.3 is 31.7 Å². The number of alkyl carbamates (subject to hydrolysis) is 1. The summed E-state index contributed by atoms with van der Waals surface area (Å²) >= 11 is 6.00. The van der Waals surface area contributed by atoms with E-state index in [2.05, 4.69) is 37.1 Å². The first kappa shape index (κ1) is 23.4. The molecule has 1 fully saturated rings. The predicted octanol–water partition coefficient (Wildman–Crippen LogP) is 3.27. The first-order valence-electron chi connectivity index (χ1n) is 10.3. The zero-order valence-corrected chi connectivity index (χ0v) is 19.2. The Bertz CT molecular complexity index is 1010. The van der Waals surface area contributed by atoms with E-state index in [1.54, 1.807) is 12.4 Å². The number of carbonyl (C=O) groups is 1. The summed E-state index contributed by atoms with van der Waals surface area (Å²) in [5.74, 6) is 0.175. The predicted molar refractivity (Wildman–Crippen MR) is 127 cm³/mol. The first-order chi connectivity index (χ1) is 15.0. The van der Waals surface area contributed by atoms with Crippen LogP contribution in [0.4, 0.5) is 27.8 Å². The van der Waals surface area contributed by atoms with Crippen LogP contribution in [0.15, 0.2) is 25.0 Å². The third kappa shape index (κ3) is 5.91. The van der Waals surface area contributed by atoms with Crippen molar-refractivity contribution in [1.29, 1.82) is 0 Å². The quantitative estimate of drug-likeness (QED) is 0.528. The minimum absolute atomic E-state index is 0.0415. The summed E-state index contributed by atoms with van der Waals surface area (Å²) < 4.78 is 5.39. The number of carbonyl (C=O) groups excluding carboxylic acids is 1. The summed E-state index contributed by atoms with van der Waals surface area (Å²) in [4.78, 5) is 26.8. The average Bonchev–Trinajstić information content (AvgIpc) is 2.69. The highest BCUT2D eigenvalue weighted by Crippen LogP contribution is 2.31. The maximum absolute atomic E-state index is 12.2. The third-order valence-corrected chi connectivity index (χ3v) is 5.04. The molecule has 3 heterocycles. The van der Waals surface area contributed by atoms with Crippen molar-refractivity contribution in [2.24, 2.45) is 0 Å². The molecule has 1 saturated heterocycles. The molecule has 10 nitrogen and oxygen atoms in total. The molecule has 6 N–H and O–H groups in total. The molecule has 2 aromatic heterocycles. The van der Waals surface area contributed by atoms with Crippen molar-refractivity contribution in [2.75, 3.05) is 34.8 Å². The molecular formula is C21H29ClN8O2. The number of hydrogen-bond donors (Lipinski definition) is 4. The Kier molecular flexibility index (Phi) is 6.93. The lowest BCUT2D eigenvalue weighted by molar-refractivity contribution is 0.0500. The van der Waals surface area contributed by atoms with Gasteiger partial charge in [-0.1, -0.05) is 18.2 Å². The molecule has 0 aliphatic carbocycles. The maximum atomic E-state index is 12.2. The second kappa shape index (κ2) is 9.47. The van der Waals surface area contributed by atoms with Gasteiger partial charge in [-0.2, -0.15) is 0 Å². The number of amides is 1. The number of nitrogens with two attached hydrogens (primary N) is 2. The lowest BCUT2D eigenvalue weighted by atomic mass is 10.0. The number of pyridine rings is 1. The summed E-state index contributed by atoms with van der Waals surface area (Å²) in [7, 11) is 0. The van der Waals surface area contributed by atoms with Gasteiger partial charge in [0.2, 0.25) is 0 Å². The van der Waals surface area contributed by atoms with Gasteiger partial charge in [0.15, 0.2) is 16.8 Å². The van der Waals surface area contributed by atoms with Crippen LogP contribution in [0.3, 0.4) is 0 Å². The Labute approximate surface area is 192 Å². The van der Waals surface area contributed by atoms with Gasteiger partial charge in [-0.3, -0.25) is 4.98 Å². The zero-order valence-electron chi connectivity index (χ0n) is 18.5. The molecule has 0 aromatic carbocycles. The van der Waals surface area contributed by atoms with E-state index < -0.39 is 11.7 Å². The maximum Gasteiger partial charge on any atom is 0.407 e. The van der Waals surface area contributed by atoms with Gasteiger partial charge in [-0.05, 0) is 39.7 Å². The van der Waals surface area contributed by atoms with Crippen LogP contribution in [0.2, 0.25) is 5.15 Å². The number of nitrogens with one attached hydrogen (secondary N) is 2. The first-order valence-corrected chi connectivity index (χ1v) is 10.6. The molecule has 1 atom stereocenters. The van der Waals surface area contributed by atoms with E-state index in [1.165, 1.54) is 0 Å². The van der Waals surface area contributed by atoms with E-state index in [4.69, 9.17) is 27.8 Å². The molecule has 0 spiro atoms. The van der Waals surface area contributed by atoms with Gasteiger partial charge in [-0.25, -0.2) is 14.8 Å². The Morgan fingerprint density at radius 3 is 2.78 bits per heavy atom. The largest absolute Gasteiger partial charge is 0.444 e. The Morgan fingerprint density at radius 2 is 2.06 bits per heavy atom. The van der Waals surface area contributed by atoms with Crippen molar-refractivity contribution in [2.45, 2.75) is 45.3 Å². The van der Waals surface area contributed by atoms with E-state index in [-0.39, 0.29) is 22.8 Å². The molecule has 1 aliphatic heterocycles. The molecular weight excluding hydrogens is 432 g/mol. The molecule has 0 bridgehead atoms. The Balaban J connectivity index is 1.74. The van der Waals surface area contributed by atoms with Crippen LogP contribution in [0.1, 0.15) is 39.3 Å². The second-order valence-corrected chi connectivity index (χ2v) is 8.92. The highest BCUT2D eigenvalue weighted by molar-refractivity contribution is 6.31. The molecule has 1 amide bonds. The summed E-state index contributed by atoms with van der Waals surface area (Å²) in [6.07, 6.45) is 4.76. The summed E-state index contributed by atoms with van der Waals surface area (Å²) in [6.45, 7) is 11.0. The van der Waals surface area contributed by atoms with Crippen molar-refractivity contribution in [3.05, 3.63) is 35.9 Å². The number of halogens is 1. The molecule has 3 rings (SSSR count). The lowest BCUT2D eigenvalue weighted by Crippen LogP contribution is -2.49. The van der Waals surface area contributed by atoms with E-state index in [1.807, 2.05) is 26.8 Å². The summed E-state index contributed by atoms with van der Waals surface area (Å²) in [5.41, 5.74) is 13.4. The van der Waals surface area contributed by atoms with Gasteiger partial charge in [0.25, 0.3) is 0 Å². The van der Waals surface area contributed by atoms with Crippen LogP contribution in [0, 0.1) is 0 Å². The summed E-state index contributed by atoms with van der Waals surface area (Å²) in [6, 6.07) is 1.86. The van der Waals surface area contributed by atoms with Crippen LogP contribution in [0.5, 0.6) is 0 Å². The number of rotatable bonds is 5. The molecule has 32 heavy (non-hydrogen) atoms. The molecule has 0 radical (unpaired) electrons. The lowest BCUT2D eigenvalue weighted by Gasteiger charge is -2.36. The number of anilines is 4. The van der Waals surface area contributed by atoms with Crippen LogP contribution in [-0.2, 0) is 4.74 Å².